The maximum Gasteiger partial charge on any atom is 0.254 e. The van der Waals surface area contributed by atoms with Gasteiger partial charge in [-0.05, 0) is 60.9 Å². The zero-order valence-electron chi connectivity index (χ0n) is 14.0. The Bertz CT molecular complexity index is 758. The summed E-state index contributed by atoms with van der Waals surface area (Å²) in [5.41, 5.74) is 3.03. The highest BCUT2D eigenvalue weighted by atomic mass is 79.9. The summed E-state index contributed by atoms with van der Waals surface area (Å²) < 4.78 is 11.8. The molecule has 5 heteroatoms. The van der Waals surface area contributed by atoms with Crippen LogP contribution in [0, 0.1) is 0 Å². The van der Waals surface area contributed by atoms with Gasteiger partial charge in [0.2, 0.25) is 0 Å². The van der Waals surface area contributed by atoms with Crippen molar-refractivity contribution in [3.63, 3.8) is 0 Å². The molecule has 0 saturated heterocycles. The van der Waals surface area contributed by atoms with E-state index in [2.05, 4.69) is 22.9 Å². The van der Waals surface area contributed by atoms with Crippen molar-refractivity contribution in [2.45, 2.75) is 19.4 Å². The molecule has 1 aliphatic rings. The maximum atomic E-state index is 12.9. The molecule has 0 spiro atoms. The van der Waals surface area contributed by atoms with Gasteiger partial charge in [0.05, 0.1) is 20.3 Å². The van der Waals surface area contributed by atoms with Crippen LogP contribution >= 0.6 is 15.9 Å². The van der Waals surface area contributed by atoms with E-state index in [1.807, 2.05) is 41.3 Å². The normalized spacial score (nSPS) is 16.5. The lowest BCUT2D eigenvalue weighted by atomic mass is 9.92. The monoisotopic (exact) mass is 389 g/mol. The zero-order valence-corrected chi connectivity index (χ0v) is 15.6. The van der Waals surface area contributed by atoms with Crippen LogP contribution in [-0.4, -0.2) is 31.6 Å². The lowest BCUT2D eigenvalue weighted by molar-refractivity contribution is 0.0677. The molecule has 1 atom stereocenters. The number of hydrogen-bond acceptors (Lipinski definition) is 3. The van der Waals surface area contributed by atoms with Gasteiger partial charge in [0.25, 0.3) is 5.91 Å². The van der Waals surface area contributed by atoms with Crippen LogP contribution in [0.2, 0.25) is 0 Å². The first-order valence-electron chi connectivity index (χ1n) is 7.86. The number of rotatable bonds is 3. The van der Waals surface area contributed by atoms with Crippen LogP contribution in [0.15, 0.2) is 40.9 Å². The first-order chi connectivity index (χ1) is 11.5. The van der Waals surface area contributed by atoms with Gasteiger partial charge in [-0.15, -0.1) is 0 Å². The molecule has 1 heterocycles. The summed E-state index contributed by atoms with van der Waals surface area (Å²) in [7, 11) is 3.27. The Kier molecular flexibility index (Phi) is 4.81. The lowest BCUT2D eigenvalue weighted by Crippen LogP contribution is -2.38. The average molecular weight is 390 g/mol. The number of halogens is 1. The molecule has 1 amide bonds. The van der Waals surface area contributed by atoms with Gasteiger partial charge < -0.3 is 14.4 Å². The Labute approximate surface area is 150 Å². The molecule has 0 saturated carbocycles. The van der Waals surface area contributed by atoms with E-state index in [1.54, 1.807) is 14.2 Å². The van der Waals surface area contributed by atoms with Crippen molar-refractivity contribution in [3.8, 4) is 11.5 Å². The van der Waals surface area contributed by atoms with Gasteiger partial charge in [0.1, 0.15) is 0 Å². The van der Waals surface area contributed by atoms with E-state index >= 15 is 0 Å². The third kappa shape index (κ3) is 3.00. The van der Waals surface area contributed by atoms with Crippen LogP contribution in [0.4, 0.5) is 0 Å². The topological polar surface area (TPSA) is 38.8 Å². The van der Waals surface area contributed by atoms with Gasteiger partial charge in [-0.1, -0.05) is 15.9 Å². The predicted molar refractivity (Wildman–Crippen MR) is 96.8 cm³/mol. The summed E-state index contributed by atoms with van der Waals surface area (Å²) in [6.45, 7) is 2.75. The maximum absolute atomic E-state index is 12.9. The van der Waals surface area contributed by atoms with Gasteiger partial charge in [-0.2, -0.15) is 0 Å². The van der Waals surface area contributed by atoms with Crippen molar-refractivity contribution >= 4 is 21.8 Å². The molecular weight excluding hydrogens is 370 g/mol. The number of benzene rings is 2. The fourth-order valence-electron chi connectivity index (χ4n) is 3.18. The standard InChI is InChI=1S/C19H20BrNO3/c1-12-16-11-18(24-3)17(23-2)10-14(16)8-9-21(12)19(22)13-4-6-15(20)7-5-13/h4-7,10-12H,8-9H2,1-3H3/t12-/m1/s1. The van der Waals surface area contributed by atoms with Crippen LogP contribution in [0.3, 0.4) is 0 Å². The minimum Gasteiger partial charge on any atom is -0.493 e. The van der Waals surface area contributed by atoms with E-state index < -0.39 is 0 Å². The van der Waals surface area contributed by atoms with E-state index in [9.17, 15) is 4.79 Å². The second-order valence-corrected chi connectivity index (χ2v) is 6.75. The SMILES string of the molecule is COc1cc2c(cc1OC)[C@@H](C)N(C(=O)c1ccc(Br)cc1)CC2. The molecule has 126 valence electrons. The number of nitrogens with zero attached hydrogens (tertiary/aromatic N) is 1. The van der Waals surface area contributed by atoms with Crippen LogP contribution < -0.4 is 9.47 Å². The van der Waals surface area contributed by atoms with E-state index in [1.165, 1.54) is 5.56 Å². The van der Waals surface area contributed by atoms with Crippen molar-refractivity contribution in [2.75, 3.05) is 20.8 Å². The number of carbonyl (C=O) groups is 1. The fraction of sp³-hybridized carbons (Fsp3) is 0.316. The molecule has 0 unspecified atom stereocenters. The quantitative estimate of drug-likeness (QED) is 0.788. The van der Waals surface area contributed by atoms with Gasteiger partial charge in [0, 0.05) is 16.6 Å². The number of amides is 1. The molecule has 4 nitrogen and oxygen atoms in total. The molecule has 24 heavy (non-hydrogen) atoms. The van der Waals surface area contributed by atoms with E-state index in [4.69, 9.17) is 9.47 Å². The highest BCUT2D eigenvalue weighted by Gasteiger charge is 2.29. The second-order valence-electron chi connectivity index (χ2n) is 5.84. The number of carbonyl (C=O) groups excluding carboxylic acids is 1. The molecule has 2 aromatic carbocycles. The van der Waals surface area contributed by atoms with E-state index in [-0.39, 0.29) is 11.9 Å². The van der Waals surface area contributed by atoms with Crippen LogP contribution in [0.25, 0.3) is 0 Å². The summed E-state index contributed by atoms with van der Waals surface area (Å²) in [6.07, 6.45) is 0.808. The van der Waals surface area contributed by atoms with Crippen molar-refractivity contribution in [2.24, 2.45) is 0 Å². The van der Waals surface area contributed by atoms with E-state index in [0.29, 0.717) is 17.9 Å². The first kappa shape index (κ1) is 16.8. The summed E-state index contributed by atoms with van der Waals surface area (Å²) >= 11 is 3.40. The van der Waals surface area contributed by atoms with Crippen molar-refractivity contribution in [1.82, 2.24) is 4.90 Å². The molecule has 0 aliphatic carbocycles. The van der Waals surface area contributed by atoms with Crippen molar-refractivity contribution < 1.29 is 14.3 Å². The van der Waals surface area contributed by atoms with Crippen molar-refractivity contribution in [3.05, 3.63) is 57.6 Å². The molecule has 0 fully saturated rings. The summed E-state index contributed by atoms with van der Waals surface area (Å²) in [6, 6.07) is 11.5. The molecule has 0 bridgehead atoms. The number of methoxy groups -OCH3 is 2. The molecule has 3 rings (SSSR count). The smallest absolute Gasteiger partial charge is 0.254 e. The lowest BCUT2D eigenvalue weighted by Gasteiger charge is -2.36. The summed E-state index contributed by atoms with van der Waals surface area (Å²) in [5, 5.41) is 0. The molecular formula is C19H20BrNO3. The van der Waals surface area contributed by atoms with Gasteiger partial charge >= 0.3 is 0 Å². The summed E-state index contributed by atoms with van der Waals surface area (Å²) in [4.78, 5) is 14.8. The molecule has 0 N–H and O–H groups in total. The van der Waals surface area contributed by atoms with Crippen LogP contribution in [0.5, 0.6) is 11.5 Å². The Balaban J connectivity index is 1.92. The highest BCUT2D eigenvalue weighted by Crippen LogP contribution is 2.38. The Morgan fingerprint density at radius 1 is 1.12 bits per heavy atom. The predicted octanol–water partition coefficient (Wildman–Crippen LogP) is 4.23. The third-order valence-electron chi connectivity index (χ3n) is 4.54. The van der Waals surface area contributed by atoms with Gasteiger partial charge in [-0.3, -0.25) is 4.79 Å². The number of fused-ring (bicyclic) bond motifs is 1. The third-order valence-corrected chi connectivity index (χ3v) is 5.07. The van der Waals surface area contributed by atoms with Crippen molar-refractivity contribution in [1.29, 1.82) is 0 Å². The molecule has 1 aliphatic heterocycles. The molecule has 0 radical (unpaired) electrons. The van der Waals surface area contributed by atoms with Crippen LogP contribution in [0.1, 0.15) is 34.5 Å². The summed E-state index contributed by atoms with van der Waals surface area (Å²) in [5.74, 6) is 1.48. The highest BCUT2D eigenvalue weighted by molar-refractivity contribution is 9.10. The molecule has 0 aromatic heterocycles. The van der Waals surface area contributed by atoms with Gasteiger partial charge in [0.15, 0.2) is 11.5 Å². The zero-order chi connectivity index (χ0) is 17.3. The number of ether oxygens (including phenoxy) is 2. The number of hydrogen-bond donors (Lipinski definition) is 0. The molecule has 2 aromatic rings. The Morgan fingerprint density at radius 2 is 1.75 bits per heavy atom. The second kappa shape index (κ2) is 6.85. The first-order valence-corrected chi connectivity index (χ1v) is 8.65. The minimum atomic E-state index is -0.00953. The van der Waals surface area contributed by atoms with Crippen LogP contribution in [-0.2, 0) is 6.42 Å². The van der Waals surface area contributed by atoms with E-state index in [0.717, 1.165) is 22.2 Å². The largest absolute Gasteiger partial charge is 0.493 e. The minimum absolute atomic E-state index is 0.00953. The fourth-order valence-corrected chi connectivity index (χ4v) is 3.44. The average Bonchev–Trinajstić information content (AvgIpc) is 2.61. The Morgan fingerprint density at radius 3 is 2.38 bits per heavy atom. The Hall–Kier alpha value is -2.01. The van der Waals surface area contributed by atoms with Gasteiger partial charge in [-0.25, -0.2) is 0 Å².